The lowest BCUT2D eigenvalue weighted by Gasteiger charge is -2.30. The molecule has 0 aromatic heterocycles. The third kappa shape index (κ3) is 6.34. The molecule has 2 rings (SSSR count). The number of aryl methyl sites for hydroxylation is 3. The Kier molecular flexibility index (Phi) is 8.25. The Hall–Kier alpha value is -2.82. The highest BCUT2D eigenvalue weighted by Gasteiger charge is 2.28. The van der Waals surface area contributed by atoms with E-state index in [1.54, 1.807) is 4.90 Å². The number of ether oxygens (including phenoxy) is 1. The number of nitrogens with zero attached hydrogens (tertiary/aromatic N) is 1. The summed E-state index contributed by atoms with van der Waals surface area (Å²) in [6, 6.07) is 13.2. The van der Waals surface area contributed by atoms with Crippen molar-refractivity contribution in [2.24, 2.45) is 0 Å². The van der Waals surface area contributed by atoms with Crippen molar-refractivity contribution in [2.45, 2.75) is 53.6 Å². The van der Waals surface area contributed by atoms with Crippen LogP contribution in [-0.4, -0.2) is 35.9 Å². The Labute approximate surface area is 174 Å². The zero-order chi connectivity index (χ0) is 21.4. The van der Waals surface area contributed by atoms with Crippen LogP contribution in [0.15, 0.2) is 42.5 Å². The molecular weight excluding hydrogens is 364 g/mol. The van der Waals surface area contributed by atoms with Crippen LogP contribution in [0.1, 0.15) is 42.5 Å². The molecule has 0 saturated carbocycles. The minimum Gasteiger partial charge on any atom is -0.484 e. The lowest BCUT2D eigenvalue weighted by Crippen LogP contribution is -2.50. The highest BCUT2D eigenvalue weighted by molar-refractivity contribution is 5.88. The summed E-state index contributed by atoms with van der Waals surface area (Å²) in [7, 11) is 0. The molecule has 0 saturated heterocycles. The monoisotopic (exact) mass is 396 g/mol. The van der Waals surface area contributed by atoms with E-state index in [-0.39, 0.29) is 18.4 Å². The van der Waals surface area contributed by atoms with Crippen LogP contribution in [0.2, 0.25) is 0 Å². The molecule has 0 bridgehead atoms. The van der Waals surface area contributed by atoms with E-state index < -0.39 is 6.04 Å². The second kappa shape index (κ2) is 10.6. The smallest absolute Gasteiger partial charge is 0.261 e. The maximum Gasteiger partial charge on any atom is 0.261 e. The van der Waals surface area contributed by atoms with Crippen molar-refractivity contribution in [1.82, 2.24) is 10.2 Å². The van der Waals surface area contributed by atoms with E-state index in [0.717, 1.165) is 16.7 Å². The molecule has 0 unspecified atom stereocenters. The average molecular weight is 397 g/mol. The number of rotatable bonds is 9. The maximum absolute atomic E-state index is 13.1. The molecule has 1 atom stereocenters. The molecule has 5 heteroatoms. The van der Waals surface area contributed by atoms with E-state index in [9.17, 15) is 9.59 Å². The molecule has 0 fully saturated rings. The van der Waals surface area contributed by atoms with Crippen LogP contribution in [0.25, 0.3) is 0 Å². The Morgan fingerprint density at radius 1 is 1.03 bits per heavy atom. The van der Waals surface area contributed by atoms with E-state index in [1.165, 1.54) is 5.56 Å². The van der Waals surface area contributed by atoms with Gasteiger partial charge in [-0.1, -0.05) is 42.8 Å². The van der Waals surface area contributed by atoms with Gasteiger partial charge in [-0.15, -0.1) is 0 Å². The number of hydrogen-bond acceptors (Lipinski definition) is 3. The molecule has 29 heavy (non-hydrogen) atoms. The quantitative estimate of drug-likeness (QED) is 0.699. The number of hydrogen-bond donors (Lipinski definition) is 1. The van der Waals surface area contributed by atoms with Crippen molar-refractivity contribution in [2.75, 3.05) is 13.2 Å². The Morgan fingerprint density at radius 3 is 2.41 bits per heavy atom. The highest BCUT2D eigenvalue weighted by atomic mass is 16.5. The molecule has 0 spiro atoms. The van der Waals surface area contributed by atoms with Gasteiger partial charge in [0.2, 0.25) is 5.91 Å². The molecule has 2 aromatic rings. The van der Waals surface area contributed by atoms with Crippen LogP contribution in [0.3, 0.4) is 0 Å². The number of likely N-dealkylation sites (N-methyl/N-ethyl adjacent to an activating group) is 1. The Bertz CT molecular complexity index is 848. The van der Waals surface area contributed by atoms with Gasteiger partial charge in [0.25, 0.3) is 5.91 Å². The summed E-state index contributed by atoms with van der Waals surface area (Å²) in [6.45, 7) is 10.6. The highest BCUT2D eigenvalue weighted by Crippen LogP contribution is 2.18. The first-order valence-corrected chi connectivity index (χ1v) is 10.2. The van der Waals surface area contributed by atoms with E-state index >= 15 is 0 Å². The molecule has 156 valence electrons. The first-order chi connectivity index (χ1) is 13.8. The summed E-state index contributed by atoms with van der Waals surface area (Å²) in [5.74, 6) is 0.313. The van der Waals surface area contributed by atoms with E-state index in [2.05, 4.69) is 5.32 Å². The summed E-state index contributed by atoms with van der Waals surface area (Å²) in [5, 5.41) is 2.84. The summed E-state index contributed by atoms with van der Waals surface area (Å²) < 4.78 is 5.76. The Morgan fingerprint density at radius 2 is 1.79 bits per heavy atom. The molecule has 0 heterocycles. The van der Waals surface area contributed by atoms with Gasteiger partial charge in [0.05, 0.1) is 0 Å². The summed E-state index contributed by atoms with van der Waals surface area (Å²) in [4.78, 5) is 27.3. The molecule has 2 amide bonds. The number of amides is 2. The molecule has 2 aromatic carbocycles. The SMILES string of the molecule is CCNC(=O)[C@H](CC)N(Cc1cccc(C)c1)C(=O)COc1ccc(C)c(C)c1. The van der Waals surface area contributed by atoms with Crippen molar-refractivity contribution < 1.29 is 14.3 Å². The van der Waals surface area contributed by atoms with Crippen LogP contribution in [0.5, 0.6) is 5.75 Å². The van der Waals surface area contributed by atoms with Gasteiger partial charge in [0.15, 0.2) is 6.61 Å². The van der Waals surface area contributed by atoms with Crippen molar-refractivity contribution in [3.63, 3.8) is 0 Å². The van der Waals surface area contributed by atoms with Gasteiger partial charge in [-0.3, -0.25) is 9.59 Å². The third-order valence-electron chi connectivity index (χ3n) is 5.01. The number of carbonyl (C=O) groups is 2. The van der Waals surface area contributed by atoms with Crippen LogP contribution >= 0.6 is 0 Å². The van der Waals surface area contributed by atoms with Crippen molar-refractivity contribution in [3.05, 3.63) is 64.7 Å². The maximum atomic E-state index is 13.1. The van der Waals surface area contributed by atoms with Crippen LogP contribution in [-0.2, 0) is 16.1 Å². The van der Waals surface area contributed by atoms with Gasteiger partial charge in [-0.05, 0) is 62.9 Å². The summed E-state index contributed by atoms with van der Waals surface area (Å²) in [5.41, 5.74) is 4.40. The number of carbonyl (C=O) groups excluding carboxylic acids is 2. The van der Waals surface area contributed by atoms with Gasteiger partial charge in [-0.25, -0.2) is 0 Å². The average Bonchev–Trinajstić information content (AvgIpc) is 2.68. The molecule has 0 aliphatic carbocycles. The van der Waals surface area contributed by atoms with Gasteiger partial charge < -0.3 is 15.0 Å². The predicted molar refractivity (Wildman–Crippen MR) is 116 cm³/mol. The first-order valence-electron chi connectivity index (χ1n) is 10.2. The fraction of sp³-hybridized carbons (Fsp3) is 0.417. The third-order valence-corrected chi connectivity index (χ3v) is 5.01. The molecule has 1 N–H and O–H groups in total. The topological polar surface area (TPSA) is 58.6 Å². The summed E-state index contributed by atoms with van der Waals surface area (Å²) in [6.07, 6.45) is 0.535. The minimum atomic E-state index is -0.536. The van der Waals surface area contributed by atoms with Crippen LogP contribution in [0, 0.1) is 20.8 Å². The van der Waals surface area contributed by atoms with Gasteiger partial charge in [0, 0.05) is 13.1 Å². The first kappa shape index (κ1) is 22.5. The van der Waals surface area contributed by atoms with Crippen molar-refractivity contribution in [3.8, 4) is 5.75 Å². The van der Waals surface area contributed by atoms with Crippen molar-refractivity contribution in [1.29, 1.82) is 0 Å². The van der Waals surface area contributed by atoms with Crippen LogP contribution < -0.4 is 10.1 Å². The second-order valence-electron chi connectivity index (χ2n) is 7.36. The van der Waals surface area contributed by atoms with E-state index in [0.29, 0.717) is 25.3 Å². The van der Waals surface area contributed by atoms with Gasteiger partial charge in [0.1, 0.15) is 11.8 Å². The fourth-order valence-electron chi connectivity index (χ4n) is 3.25. The van der Waals surface area contributed by atoms with Crippen LogP contribution in [0.4, 0.5) is 0 Å². The lowest BCUT2D eigenvalue weighted by atomic mass is 10.1. The minimum absolute atomic E-state index is 0.107. The molecule has 0 aliphatic rings. The number of nitrogens with one attached hydrogen (secondary N) is 1. The molecular formula is C24H32N2O3. The van der Waals surface area contributed by atoms with Crippen molar-refractivity contribution >= 4 is 11.8 Å². The number of benzene rings is 2. The predicted octanol–water partition coefficient (Wildman–Crippen LogP) is 3.93. The fourth-order valence-corrected chi connectivity index (χ4v) is 3.25. The van der Waals surface area contributed by atoms with E-state index in [1.807, 2.05) is 77.1 Å². The molecule has 0 aliphatic heterocycles. The largest absolute Gasteiger partial charge is 0.484 e. The zero-order valence-electron chi connectivity index (χ0n) is 18.1. The lowest BCUT2D eigenvalue weighted by molar-refractivity contribution is -0.142. The van der Waals surface area contributed by atoms with Gasteiger partial charge in [-0.2, -0.15) is 0 Å². The molecule has 5 nitrogen and oxygen atoms in total. The summed E-state index contributed by atoms with van der Waals surface area (Å²) >= 11 is 0. The van der Waals surface area contributed by atoms with E-state index in [4.69, 9.17) is 4.74 Å². The molecule has 0 radical (unpaired) electrons. The zero-order valence-corrected chi connectivity index (χ0v) is 18.1. The normalized spacial score (nSPS) is 11.6. The standard InChI is InChI=1S/C24H32N2O3/c1-6-22(24(28)25-7-2)26(15-20-10-8-9-17(3)13-20)23(27)16-29-21-12-11-18(4)19(5)14-21/h8-14,22H,6-7,15-16H2,1-5H3,(H,25,28)/t22-/m0/s1. The Balaban J connectivity index is 2.20. The second-order valence-corrected chi connectivity index (χ2v) is 7.36. The van der Waals surface area contributed by atoms with Gasteiger partial charge >= 0.3 is 0 Å².